The summed E-state index contributed by atoms with van der Waals surface area (Å²) in [4.78, 5) is 4.38. The van der Waals surface area contributed by atoms with Crippen LogP contribution >= 0.6 is 11.8 Å². The lowest BCUT2D eigenvalue weighted by Crippen LogP contribution is -1.99. The molecule has 0 radical (unpaired) electrons. The quantitative estimate of drug-likeness (QED) is 0.880. The lowest BCUT2D eigenvalue weighted by atomic mass is 10.1. The Balaban J connectivity index is 1.97. The molecule has 0 saturated heterocycles. The van der Waals surface area contributed by atoms with Crippen molar-refractivity contribution in [2.24, 2.45) is 0 Å². The lowest BCUT2D eigenvalue weighted by Gasteiger charge is -2.05. The minimum Gasteiger partial charge on any atom is -0.396 e. The van der Waals surface area contributed by atoms with Gasteiger partial charge in [-0.05, 0) is 13.3 Å². The van der Waals surface area contributed by atoms with Crippen LogP contribution in [0.25, 0.3) is 11.4 Å². The van der Waals surface area contributed by atoms with Crippen molar-refractivity contribution in [3.05, 3.63) is 35.7 Å². The zero-order valence-corrected chi connectivity index (χ0v) is 12.0. The maximum absolute atomic E-state index is 8.84. The van der Waals surface area contributed by atoms with Gasteiger partial charge in [0, 0.05) is 17.4 Å². The minimum atomic E-state index is 0.215. The van der Waals surface area contributed by atoms with Gasteiger partial charge in [0.05, 0.1) is 5.75 Å². The molecule has 1 atom stereocenters. The van der Waals surface area contributed by atoms with Crippen molar-refractivity contribution in [1.82, 2.24) is 10.1 Å². The molecular formula is C14H18N2O2S. The molecule has 1 heterocycles. The van der Waals surface area contributed by atoms with Crippen molar-refractivity contribution in [2.45, 2.75) is 31.3 Å². The molecule has 2 rings (SSSR count). The van der Waals surface area contributed by atoms with Crippen LogP contribution in [0.15, 0.2) is 28.8 Å². The van der Waals surface area contributed by atoms with E-state index in [0.717, 1.165) is 12.0 Å². The summed E-state index contributed by atoms with van der Waals surface area (Å²) in [5, 5.41) is 13.2. The second-order valence-electron chi connectivity index (χ2n) is 4.51. The summed E-state index contributed by atoms with van der Waals surface area (Å²) >= 11 is 1.71. The molecule has 0 spiro atoms. The average Bonchev–Trinajstić information content (AvgIpc) is 2.86. The van der Waals surface area contributed by atoms with Crippen molar-refractivity contribution in [2.75, 3.05) is 6.61 Å². The molecule has 1 aromatic carbocycles. The maximum Gasteiger partial charge on any atom is 0.236 e. The van der Waals surface area contributed by atoms with E-state index in [1.54, 1.807) is 11.8 Å². The topological polar surface area (TPSA) is 59.2 Å². The molecule has 0 aliphatic carbocycles. The number of hydrogen-bond acceptors (Lipinski definition) is 5. The normalized spacial score (nSPS) is 12.6. The molecule has 2 aromatic rings. The number of aliphatic hydroxyl groups is 1. The first kappa shape index (κ1) is 14.1. The van der Waals surface area contributed by atoms with Crippen LogP contribution in [-0.2, 0) is 5.75 Å². The summed E-state index contributed by atoms with van der Waals surface area (Å²) in [7, 11) is 0. The zero-order chi connectivity index (χ0) is 13.7. The van der Waals surface area contributed by atoms with Crippen LogP contribution < -0.4 is 0 Å². The van der Waals surface area contributed by atoms with E-state index in [1.807, 2.05) is 31.2 Å². The SMILES string of the molecule is Cc1ccc(-c2noc(CSC(C)CCO)n2)cc1. The highest BCUT2D eigenvalue weighted by molar-refractivity contribution is 7.99. The molecule has 0 saturated carbocycles. The van der Waals surface area contributed by atoms with Gasteiger partial charge >= 0.3 is 0 Å². The Morgan fingerprint density at radius 2 is 2.05 bits per heavy atom. The summed E-state index contributed by atoms with van der Waals surface area (Å²) in [5.74, 6) is 1.94. The van der Waals surface area contributed by atoms with Gasteiger partial charge < -0.3 is 9.63 Å². The molecule has 0 fully saturated rings. The number of aromatic nitrogens is 2. The number of nitrogens with zero attached hydrogens (tertiary/aromatic N) is 2. The molecule has 0 amide bonds. The van der Waals surface area contributed by atoms with Crippen LogP contribution in [0, 0.1) is 6.92 Å². The maximum atomic E-state index is 8.84. The van der Waals surface area contributed by atoms with Crippen molar-refractivity contribution >= 4 is 11.8 Å². The van der Waals surface area contributed by atoms with E-state index >= 15 is 0 Å². The van der Waals surface area contributed by atoms with Gasteiger partial charge in [-0.2, -0.15) is 4.98 Å². The van der Waals surface area contributed by atoms with Gasteiger partial charge in [0.2, 0.25) is 11.7 Å². The largest absolute Gasteiger partial charge is 0.396 e. The molecule has 1 aromatic heterocycles. The van der Waals surface area contributed by atoms with Crippen LogP contribution in [0.5, 0.6) is 0 Å². The Labute approximate surface area is 117 Å². The third-order valence-corrected chi connectivity index (χ3v) is 4.02. The molecule has 19 heavy (non-hydrogen) atoms. The van der Waals surface area contributed by atoms with E-state index in [-0.39, 0.29) is 6.61 Å². The summed E-state index contributed by atoms with van der Waals surface area (Å²) in [6, 6.07) is 8.05. The Bertz CT molecular complexity index is 510. The van der Waals surface area contributed by atoms with Crippen LogP contribution in [0.2, 0.25) is 0 Å². The first-order valence-corrected chi connectivity index (χ1v) is 7.36. The van der Waals surface area contributed by atoms with E-state index in [0.29, 0.717) is 22.7 Å². The molecular weight excluding hydrogens is 260 g/mol. The van der Waals surface area contributed by atoms with Gasteiger partial charge in [0.1, 0.15) is 0 Å². The fourth-order valence-electron chi connectivity index (χ4n) is 1.61. The van der Waals surface area contributed by atoms with Crippen molar-refractivity contribution < 1.29 is 9.63 Å². The van der Waals surface area contributed by atoms with Crippen LogP contribution in [0.1, 0.15) is 24.8 Å². The second kappa shape index (κ2) is 6.73. The lowest BCUT2D eigenvalue weighted by molar-refractivity contribution is 0.289. The summed E-state index contributed by atoms with van der Waals surface area (Å²) in [6.45, 7) is 4.34. The van der Waals surface area contributed by atoms with E-state index < -0.39 is 0 Å². The molecule has 0 bridgehead atoms. The predicted molar refractivity (Wildman–Crippen MR) is 76.9 cm³/mol. The third kappa shape index (κ3) is 4.08. The van der Waals surface area contributed by atoms with Gasteiger partial charge in [-0.25, -0.2) is 0 Å². The standard InChI is InChI=1S/C14H18N2O2S/c1-10-3-5-12(6-4-10)14-15-13(18-16-14)9-19-11(2)7-8-17/h3-6,11,17H,7-9H2,1-2H3. The number of thioether (sulfide) groups is 1. The summed E-state index contributed by atoms with van der Waals surface area (Å²) in [6.07, 6.45) is 0.781. The number of aryl methyl sites for hydroxylation is 1. The van der Waals surface area contributed by atoms with Gasteiger partial charge in [0.15, 0.2) is 0 Å². The van der Waals surface area contributed by atoms with Crippen molar-refractivity contribution in [3.63, 3.8) is 0 Å². The van der Waals surface area contributed by atoms with E-state index in [9.17, 15) is 0 Å². The second-order valence-corrected chi connectivity index (χ2v) is 5.94. The van der Waals surface area contributed by atoms with E-state index in [1.165, 1.54) is 5.56 Å². The van der Waals surface area contributed by atoms with Gasteiger partial charge in [-0.1, -0.05) is 41.9 Å². The molecule has 4 nitrogen and oxygen atoms in total. The van der Waals surface area contributed by atoms with Gasteiger partial charge in [-0.3, -0.25) is 0 Å². The minimum absolute atomic E-state index is 0.215. The molecule has 5 heteroatoms. The highest BCUT2D eigenvalue weighted by Crippen LogP contribution is 2.21. The van der Waals surface area contributed by atoms with E-state index in [4.69, 9.17) is 9.63 Å². The first-order valence-electron chi connectivity index (χ1n) is 6.31. The molecule has 0 aliphatic heterocycles. The first-order chi connectivity index (χ1) is 9.19. The molecule has 1 unspecified atom stereocenters. The smallest absolute Gasteiger partial charge is 0.236 e. The Morgan fingerprint density at radius 3 is 2.74 bits per heavy atom. The third-order valence-electron chi connectivity index (χ3n) is 2.80. The fraction of sp³-hybridized carbons (Fsp3) is 0.429. The fourth-order valence-corrected chi connectivity index (χ4v) is 2.43. The Morgan fingerprint density at radius 1 is 1.32 bits per heavy atom. The zero-order valence-electron chi connectivity index (χ0n) is 11.2. The van der Waals surface area contributed by atoms with Crippen molar-refractivity contribution in [1.29, 1.82) is 0 Å². The van der Waals surface area contributed by atoms with Crippen LogP contribution in [-0.4, -0.2) is 27.1 Å². The number of rotatable bonds is 6. The highest BCUT2D eigenvalue weighted by atomic mass is 32.2. The predicted octanol–water partition coefficient (Wildman–Crippen LogP) is 3.05. The summed E-state index contributed by atoms with van der Waals surface area (Å²) < 4.78 is 5.23. The number of benzene rings is 1. The van der Waals surface area contributed by atoms with Crippen LogP contribution in [0.3, 0.4) is 0 Å². The van der Waals surface area contributed by atoms with Gasteiger partial charge in [-0.15, -0.1) is 11.8 Å². The molecule has 102 valence electrons. The number of aliphatic hydroxyl groups excluding tert-OH is 1. The monoisotopic (exact) mass is 278 g/mol. The average molecular weight is 278 g/mol. The Kier molecular flexibility index (Phi) is 4.99. The Hall–Kier alpha value is -1.33. The summed E-state index contributed by atoms with van der Waals surface area (Å²) in [5.41, 5.74) is 2.18. The van der Waals surface area contributed by atoms with Crippen molar-refractivity contribution in [3.8, 4) is 11.4 Å². The van der Waals surface area contributed by atoms with Crippen LogP contribution in [0.4, 0.5) is 0 Å². The van der Waals surface area contributed by atoms with E-state index in [2.05, 4.69) is 17.1 Å². The van der Waals surface area contributed by atoms with Gasteiger partial charge in [0.25, 0.3) is 0 Å². The molecule has 1 N–H and O–H groups in total. The highest BCUT2D eigenvalue weighted by Gasteiger charge is 2.10. The number of hydrogen-bond donors (Lipinski definition) is 1. The molecule has 0 aliphatic rings.